The van der Waals surface area contributed by atoms with Crippen molar-refractivity contribution < 1.29 is 4.79 Å². The van der Waals surface area contributed by atoms with Gasteiger partial charge in [0.05, 0.1) is 5.25 Å². The van der Waals surface area contributed by atoms with Crippen molar-refractivity contribution in [3.8, 4) is 0 Å². The lowest BCUT2D eigenvalue weighted by molar-refractivity contribution is -0.128. The van der Waals surface area contributed by atoms with Crippen LogP contribution in [0.4, 0.5) is 0 Å². The lowest BCUT2D eigenvalue weighted by atomic mass is 10.4. The van der Waals surface area contributed by atoms with Gasteiger partial charge >= 0.3 is 0 Å². The van der Waals surface area contributed by atoms with Crippen molar-refractivity contribution in [1.29, 1.82) is 0 Å². The van der Waals surface area contributed by atoms with Gasteiger partial charge in [0.2, 0.25) is 5.91 Å². The second-order valence-corrected chi connectivity index (χ2v) is 3.36. The van der Waals surface area contributed by atoms with Gasteiger partial charge < -0.3 is 4.90 Å². The Kier molecular flexibility index (Phi) is 4.85. The van der Waals surface area contributed by atoms with Gasteiger partial charge in [-0.25, -0.2) is 0 Å². The first-order valence-electron chi connectivity index (χ1n) is 3.20. The van der Waals surface area contributed by atoms with Gasteiger partial charge in [-0.15, -0.1) is 4.91 Å². The Hall–Kier alpha value is -0.580. The molecule has 64 valence electrons. The summed E-state index contributed by atoms with van der Waals surface area (Å²) in [5.41, 5.74) is 0. The summed E-state index contributed by atoms with van der Waals surface area (Å²) >= 11 is 1.45. The molecule has 0 aliphatic carbocycles. The molecule has 1 unspecified atom stereocenters. The average molecular weight is 176 g/mol. The van der Waals surface area contributed by atoms with E-state index in [4.69, 9.17) is 0 Å². The summed E-state index contributed by atoms with van der Waals surface area (Å²) in [7, 11) is 1.57. The van der Waals surface area contributed by atoms with Crippen molar-refractivity contribution in [2.24, 2.45) is 5.18 Å². The number of nitroso groups, excluding NO2 is 1. The van der Waals surface area contributed by atoms with Crippen LogP contribution in [0.5, 0.6) is 0 Å². The molecule has 0 bridgehead atoms. The van der Waals surface area contributed by atoms with Gasteiger partial charge in [-0.1, -0.05) is 0 Å². The normalized spacial score (nSPS) is 12.3. The van der Waals surface area contributed by atoms with Crippen LogP contribution in [-0.4, -0.2) is 36.0 Å². The first-order chi connectivity index (χ1) is 5.13. The van der Waals surface area contributed by atoms with E-state index >= 15 is 0 Å². The first kappa shape index (κ1) is 10.4. The predicted molar refractivity (Wildman–Crippen MR) is 46.4 cm³/mol. The van der Waals surface area contributed by atoms with Crippen molar-refractivity contribution in [3.63, 3.8) is 0 Å². The van der Waals surface area contributed by atoms with E-state index < -0.39 is 0 Å². The quantitative estimate of drug-likeness (QED) is 0.598. The van der Waals surface area contributed by atoms with E-state index in [0.717, 1.165) is 0 Å². The van der Waals surface area contributed by atoms with Gasteiger partial charge in [0.15, 0.2) is 6.67 Å². The molecule has 0 spiro atoms. The van der Waals surface area contributed by atoms with Crippen LogP contribution in [0.2, 0.25) is 0 Å². The highest BCUT2D eigenvalue weighted by Crippen LogP contribution is 2.07. The second kappa shape index (κ2) is 5.12. The maximum atomic E-state index is 11.2. The molecular weight excluding hydrogens is 164 g/mol. The fourth-order valence-corrected chi connectivity index (χ4v) is 0.949. The molecule has 0 radical (unpaired) electrons. The van der Waals surface area contributed by atoms with Gasteiger partial charge in [-0.2, -0.15) is 11.8 Å². The molecule has 4 nitrogen and oxygen atoms in total. The van der Waals surface area contributed by atoms with Crippen molar-refractivity contribution >= 4 is 17.7 Å². The molecule has 0 saturated carbocycles. The summed E-state index contributed by atoms with van der Waals surface area (Å²) in [6, 6.07) is 0. The van der Waals surface area contributed by atoms with Crippen LogP contribution in [0.1, 0.15) is 6.92 Å². The Labute approximate surface area is 70.3 Å². The average Bonchev–Trinajstić information content (AvgIpc) is 2.02. The zero-order chi connectivity index (χ0) is 8.85. The zero-order valence-corrected chi connectivity index (χ0v) is 7.72. The number of hydrogen-bond donors (Lipinski definition) is 0. The number of thioether (sulfide) groups is 1. The number of carbonyl (C=O) groups excluding carboxylic acids is 1. The van der Waals surface area contributed by atoms with Gasteiger partial charge in [-0.05, 0) is 18.4 Å². The molecule has 0 aliphatic heterocycles. The van der Waals surface area contributed by atoms with Crippen LogP contribution < -0.4 is 0 Å². The smallest absolute Gasteiger partial charge is 0.236 e. The third-order valence-corrected chi connectivity index (χ3v) is 2.26. The molecule has 1 atom stereocenters. The number of rotatable bonds is 4. The molecule has 0 aromatic carbocycles. The summed E-state index contributed by atoms with van der Waals surface area (Å²) in [6.07, 6.45) is 1.85. The zero-order valence-electron chi connectivity index (χ0n) is 6.90. The number of hydrogen-bond acceptors (Lipinski definition) is 4. The first-order valence-corrected chi connectivity index (χ1v) is 4.49. The maximum Gasteiger partial charge on any atom is 0.236 e. The minimum Gasteiger partial charge on any atom is -0.322 e. The van der Waals surface area contributed by atoms with Crippen molar-refractivity contribution in [1.82, 2.24) is 4.90 Å². The van der Waals surface area contributed by atoms with Gasteiger partial charge in [0.1, 0.15) is 0 Å². The van der Waals surface area contributed by atoms with Crippen molar-refractivity contribution in [2.75, 3.05) is 20.0 Å². The van der Waals surface area contributed by atoms with E-state index in [9.17, 15) is 9.70 Å². The monoisotopic (exact) mass is 176 g/mol. The Bertz CT molecular complexity index is 152. The summed E-state index contributed by atoms with van der Waals surface area (Å²) < 4.78 is 0. The van der Waals surface area contributed by atoms with E-state index in [2.05, 4.69) is 5.18 Å². The number of nitrogens with zero attached hydrogens (tertiary/aromatic N) is 2. The summed E-state index contributed by atoms with van der Waals surface area (Å²) in [5.74, 6) is -0.0582. The Morgan fingerprint density at radius 1 is 1.73 bits per heavy atom. The Morgan fingerprint density at radius 3 is 2.64 bits per heavy atom. The van der Waals surface area contributed by atoms with Crippen LogP contribution in [0.15, 0.2) is 5.18 Å². The summed E-state index contributed by atoms with van der Waals surface area (Å²) in [5, 5.41) is 2.52. The van der Waals surface area contributed by atoms with Crippen molar-refractivity contribution in [2.45, 2.75) is 12.2 Å². The van der Waals surface area contributed by atoms with E-state index in [1.165, 1.54) is 16.7 Å². The number of carbonyl (C=O) groups is 1. The minimum absolute atomic E-state index is 0.0582. The van der Waals surface area contributed by atoms with Crippen LogP contribution in [0.25, 0.3) is 0 Å². The third-order valence-electron chi connectivity index (χ3n) is 1.35. The predicted octanol–water partition coefficient (Wildman–Crippen LogP) is 0.920. The summed E-state index contributed by atoms with van der Waals surface area (Å²) in [4.78, 5) is 22.3. The number of amides is 1. The molecule has 0 rings (SSSR count). The second-order valence-electron chi connectivity index (χ2n) is 2.18. The fourth-order valence-electron chi connectivity index (χ4n) is 0.567. The third kappa shape index (κ3) is 3.36. The molecule has 5 heteroatoms. The van der Waals surface area contributed by atoms with E-state index in [-0.39, 0.29) is 17.8 Å². The minimum atomic E-state index is -0.0956. The van der Waals surface area contributed by atoms with Crippen LogP contribution in [0, 0.1) is 4.91 Å². The highest BCUT2D eigenvalue weighted by molar-refractivity contribution is 7.99. The highest BCUT2D eigenvalue weighted by Gasteiger charge is 2.15. The Morgan fingerprint density at radius 2 is 2.27 bits per heavy atom. The Balaban J connectivity index is 3.90. The largest absolute Gasteiger partial charge is 0.322 e. The van der Waals surface area contributed by atoms with Gasteiger partial charge in [0.25, 0.3) is 0 Å². The SMILES string of the molecule is CSC(C)C(=O)N(C)CN=O. The molecule has 0 aliphatic rings. The fraction of sp³-hybridized carbons (Fsp3) is 0.833. The lowest BCUT2D eigenvalue weighted by Crippen LogP contribution is -2.33. The molecule has 0 aromatic heterocycles. The molecular formula is C6H12N2O2S. The molecule has 0 fully saturated rings. The summed E-state index contributed by atoms with van der Waals surface area (Å²) in [6.45, 7) is 1.73. The van der Waals surface area contributed by atoms with Gasteiger partial charge in [0, 0.05) is 7.05 Å². The lowest BCUT2D eigenvalue weighted by Gasteiger charge is -2.16. The van der Waals surface area contributed by atoms with Crippen molar-refractivity contribution in [3.05, 3.63) is 4.91 Å². The molecule has 11 heavy (non-hydrogen) atoms. The van der Waals surface area contributed by atoms with E-state index in [0.29, 0.717) is 0 Å². The van der Waals surface area contributed by atoms with Crippen LogP contribution >= 0.6 is 11.8 Å². The maximum absolute atomic E-state index is 11.2. The van der Waals surface area contributed by atoms with Gasteiger partial charge in [-0.3, -0.25) is 4.79 Å². The molecule has 1 amide bonds. The van der Waals surface area contributed by atoms with E-state index in [1.54, 1.807) is 14.0 Å². The molecule has 0 aromatic rings. The van der Waals surface area contributed by atoms with E-state index in [1.807, 2.05) is 6.26 Å². The van der Waals surface area contributed by atoms with Crippen LogP contribution in [0.3, 0.4) is 0 Å². The molecule has 0 heterocycles. The topological polar surface area (TPSA) is 49.7 Å². The molecule has 0 saturated heterocycles. The highest BCUT2D eigenvalue weighted by atomic mass is 32.2. The van der Waals surface area contributed by atoms with Crippen LogP contribution in [-0.2, 0) is 4.79 Å². The molecule has 0 N–H and O–H groups in total. The standard InChI is InChI=1S/C6H12N2O2S/c1-5(11-3)6(9)8(2)4-7-10/h5H,4H2,1-3H3.